The Labute approximate surface area is 225 Å². The van der Waals surface area contributed by atoms with Crippen LogP contribution in [0.1, 0.15) is 31.8 Å². The summed E-state index contributed by atoms with van der Waals surface area (Å²) < 4.78 is 11.7. The van der Waals surface area contributed by atoms with Crippen LogP contribution >= 0.6 is 0 Å². The summed E-state index contributed by atoms with van der Waals surface area (Å²) in [6.45, 7) is 2.19. The second-order valence-electron chi connectivity index (χ2n) is 9.45. The monoisotopic (exact) mass is 518 g/mol. The molecule has 6 rings (SSSR count). The molecule has 0 spiro atoms. The van der Waals surface area contributed by atoms with Crippen molar-refractivity contribution < 1.29 is 24.2 Å². The van der Waals surface area contributed by atoms with E-state index in [-0.39, 0.29) is 11.5 Å². The van der Waals surface area contributed by atoms with Crippen molar-refractivity contribution in [2.24, 2.45) is 0 Å². The topological polar surface area (TPSA) is 88.1 Å². The van der Waals surface area contributed by atoms with Crippen LogP contribution in [0.2, 0.25) is 0 Å². The summed E-state index contributed by atoms with van der Waals surface area (Å²) in [6, 6.07) is 28.2. The molecule has 0 unspecified atom stereocenters. The third-order valence-electron chi connectivity index (χ3n) is 6.88. The Morgan fingerprint density at radius 2 is 1.67 bits per heavy atom. The molecule has 4 aromatic carbocycles. The summed E-state index contributed by atoms with van der Waals surface area (Å²) in [7, 11) is 0. The van der Waals surface area contributed by atoms with Crippen LogP contribution in [0, 0.1) is 0 Å². The minimum absolute atomic E-state index is 0.218. The maximum absolute atomic E-state index is 13.0. The first-order chi connectivity index (χ1) is 19.0. The quantitative estimate of drug-likeness (QED) is 0.345. The van der Waals surface area contributed by atoms with Crippen LogP contribution in [0.5, 0.6) is 11.5 Å². The fourth-order valence-electron chi connectivity index (χ4n) is 4.92. The zero-order chi connectivity index (χ0) is 26.8. The Morgan fingerprint density at radius 1 is 0.872 bits per heavy atom. The standard InChI is InChI=1S/C32H26N2O5/c35-31(33-25-17-23-5-1-4-8-29(23)39-20-25)24-13-14-28-30(18-24)38-16-15-34(28)19-21-9-11-22(12-10-21)26-6-2-3-7-27(26)32(36)37/h1-14,17-18H,15-16,19-20H2,(H,33,35)(H,36,37). The Morgan fingerprint density at radius 3 is 2.51 bits per heavy atom. The molecule has 2 heterocycles. The molecule has 0 saturated heterocycles. The number of carbonyl (C=O) groups is 2. The number of nitrogens with zero attached hydrogens (tertiary/aromatic N) is 1. The van der Waals surface area contributed by atoms with Crippen molar-refractivity contribution in [3.63, 3.8) is 0 Å². The summed E-state index contributed by atoms with van der Waals surface area (Å²) in [4.78, 5) is 26.8. The molecule has 39 heavy (non-hydrogen) atoms. The van der Waals surface area contributed by atoms with Crippen molar-refractivity contribution in [2.45, 2.75) is 6.54 Å². The van der Waals surface area contributed by atoms with E-state index in [9.17, 15) is 14.7 Å². The van der Waals surface area contributed by atoms with Gasteiger partial charge in [0.25, 0.3) is 5.91 Å². The molecule has 4 aromatic rings. The molecule has 0 atom stereocenters. The van der Waals surface area contributed by atoms with E-state index in [4.69, 9.17) is 9.47 Å². The Kier molecular flexibility index (Phi) is 6.47. The minimum Gasteiger partial charge on any atom is -0.490 e. The molecule has 0 bridgehead atoms. The lowest BCUT2D eigenvalue weighted by molar-refractivity contribution is 0.0697. The molecule has 194 valence electrons. The summed E-state index contributed by atoms with van der Waals surface area (Å²) in [5.41, 5.74) is 5.99. The smallest absolute Gasteiger partial charge is 0.336 e. The van der Waals surface area contributed by atoms with Crippen LogP contribution in [0.25, 0.3) is 17.2 Å². The zero-order valence-corrected chi connectivity index (χ0v) is 21.1. The average Bonchev–Trinajstić information content (AvgIpc) is 2.97. The summed E-state index contributed by atoms with van der Waals surface area (Å²) in [5.74, 6) is 0.310. The highest BCUT2D eigenvalue weighted by atomic mass is 16.5. The van der Waals surface area contributed by atoms with Gasteiger partial charge < -0.3 is 24.8 Å². The number of aromatic carboxylic acids is 1. The lowest BCUT2D eigenvalue weighted by Crippen LogP contribution is -2.32. The van der Waals surface area contributed by atoms with Gasteiger partial charge >= 0.3 is 5.97 Å². The first kappa shape index (κ1) is 24.3. The number of rotatable bonds is 6. The Balaban J connectivity index is 1.16. The number of nitrogens with one attached hydrogen (secondary N) is 1. The average molecular weight is 519 g/mol. The number of carbonyl (C=O) groups excluding carboxylic acids is 1. The van der Waals surface area contributed by atoms with Gasteiger partial charge in [-0.05, 0) is 53.1 Å². The van der Waals surface area contributed by atoms with E-state index < -0.39 is 5.97 Å². The summed E-state index contributed by atoms with van der Waals surface area (Å²) >= 11 is 0. The molecule has 1 amide bonds. The van der Waals surface area contributed by atoms with E-state index in [0.717, 1.165) is 28.1 Å². The summed E-state index contributed by atoms with van der Waals surface area (Å²) in [5, 5.41) is 12.5. The van der Waals surface area contributed by atoms with Crippen LogP contribution in [-0.2, 0) is 6.54 Å². The first-order valence-corrected chi connectivity index (χ1v) is 12.7. The highest BCUT2D eigenvalue weighted by molar-refractivity contribution is 5.97. The van der Waals surface area contributed by atoms with E-state index in [1.165, 1.54) is 0 Å². The van der Waals surface area contributed by atoms with Crippen molar-refractivity contribution in [3.05, 3.63) is 119 Å². The number of para-hydroxylation sites is 1. The number of carboxylic acids is 1. The van der Waals surface area contributed by atoms with Gasteiger partial charge in [0.1, 0.15) is 24.7 Å². The van der Waals surface area contributed by atoms with E-state index in [1.807, 2.05) is 72.8 Å². The molecule has 0 radical (unpaired) electrons. The van der Waals surface area contributed by atoms with Gasteiger partial charge in [0.2, 0.25) is 0 Å². The second kappa shape index (κ2) is 10.4. The van der Waals surface area contributed by atoms with Crippen molar-refractivity contribution in [3.8, 4) is 22.6 Å². The van der Waals surface area contributed by atoms with Gasteiger partial charge in [-0.15, -0.1) is 0 Å². The number of anilines is 1. The SMILES string of the molecule is O=C(NC1=Cc2ccccc2OC1)c1ccc2c(c1)OCCN2Cc1ccc(-c2ccccc2C(=O)O)cc1. The normalized spacial score (nSPS) is 13.7. The van der Waals surface area contributed by atoms with Crippen LogP contribution in [0.15, 0.2) is 96.7 Å². The highest BCUT2D eigenvalue weighted by Crippen LogP contribution is 2.34. The highest BCUT2D eigenvalue weighted by Gasteiger charge is 2.21. The molecule has 0 fully saturated rings. The number of ether oxygens (including phenoxy) is 2. The van der Waals surface area contributed by atoms with Crippen LogP contribution in [0.4, 0.5) is 5.69 Å². The van der Waals surface area contributed by atoms with E-state index in [2.05, 4.69) is 10.2 Å². The fraction of sp³-hybridized carbons (Fsp3) is 0.125. The van der Waals surface area contributed by atoms with E-state index in [0.29, 0.717) is 48.9 Å². The number of amides is 1. The Bertz CT molecular complexity index is 1590. The molecule has 2 aliphatic rings. The van der Waals surface area contributed by atoms with Gasteiger partial charge in [-0.2, -0.15) is 0 Å². The van der Waals surface area contributed by atoms with Crippen molar-refractivity contribution >= 4 is 23.6 Å². The van der Waals surface area contributed by atoms with Gasteiger partial charge in [-0.3, -0.25) is 4.79 Å². The minimum atomic E-state index is -0.943. The maximum Gasteiger partial charge on any atom is 0.336 e. The van der Waals surface area contributed by atoms with Gasteiger partial charge in [0.15, 0.2) is 0 Å². The molecule has 2 aliphatic heterocycles. The predicted molar refractivity (Wildman–Crippen MR) is 149 cm³/mol. The molecule has 7 nitrogen and oxygen atoms in total. The van der Waals surface area contributed by atoms with Gasteiger partial charge in [0.05, 0.1) is 23.5 Å². The van der Waals surface area contributed by atoms with Crippen LogP contribution < -0.4 is 19.7 Å². The molecular formula is C32H26N2O5. The number of hydrogen-bond donors (Lipinski definition) is 2. The number of benzene rings is 4. The molecule has 7 heteroatoms. The fourth-order valence-corrected chi connectivity index (χ4v) is 4.92. The maximum atomic E-state index is 13.0. The largest absolute Gasteiger partial charge is 0.490 e. The Hall–Kier alpha value is -5.04. The molecule has 2 N–H and O–H groups in total. The van der Waals surface area contributed by atoms with Gasteiger partial charge in [0, 0.05) is 17.7 Å². The predicted octanol–water partition coefficient (Wildman–Crippen LogP) is 5.61. The molecule has 0 aromatic heterocycles. The number of fused-ring (bicyclic) bond motifs is 2. The number of carboxylic acid groups (broad SMARTS) is 1. The van der Waals surface area contributed by atoms with E-state index >= 15 is 0 Å². The van der Waals surface area contributed by atoms with E-state index in [1.54, 1.807) is 24.3 Å². The molecule has 0 saturated carbocycles. The lowest BCUT2D eigenvalue weighted by atomic mass is 9.98. The lowest BCUT2D eigenvalue weighted by Gasteiger charge is -2.31. The van der Waals surface area contributed by atoms with Crippen LogP contribution in [-0.4, -0.2) is 36.7 Å². The van der Waals surface area contributed by atoms with Crippen LogP contribution in [0.3, 0.4) is 0 Å². The molecule has 0 aliphatic carbocycles. The van der Waals surface area contributed by atoms with Crippen molar-refractivity contribution in [1.82, 2.24) is 5.32 Å². The molecular weight excluding hydrogens is 492 g/mol. The third-order valence-corrected chi connectivity index (χ3v) is 6.88. The third kappa shape index (κ3) is 5.07. The number of hydrogen-bond acceptors (Lipinski definition) is 5. The van der Waals surface area contributed by atoms with Crippen molar-refractivity contribution in [2.75, 3.05) is 24.7 Å². The summed E-state index contributed by atoms with van der Waals surface area (Å²) in [6.07, 6.45) is 1.93. The first-order valence-electron chi connectivity index (χ1n) is 12.7. The van der Waals surface area contributed by atoms with Crippen molar-refractivity contribution in [1.29, 1.82) is 0 Å². The second-order valence-corrected chi connectivity index (χ2v) is 9.45. The van der Waals surface area contributed by atoms with Gasteiger partial charge in [-0.25, -0.2) is 4.79 Å². The van der Waals surface area contributed by atoms with Gasteiger partial charge in [-0.1, -0.05) is 60.7 Å². The zero-order valence-electron chi connectivity index (χ0n) is 21.1.